The third kappa shape index (κ3) is 7.25. The molecule has 0 saturated heterocycles. The van der Waals surface area contributed by atoms with Gasteiger partial charge >= 0.3 is 0 Å². The molecule has 1 aliphatic carbocycles. The fourth-order valence-corrected chi connectivity index (χ4v) is 8.28. The monoisotopic (exact) mass is 758 g/mol. The third-order valence-electron chi connectivity index (χ3n) is 10.6. The highest BCUT2D eigenvalue weighted by Gasteiger charge is 2.62. The molecule has 3 aliphatic rings. The van der Waals surface area contributed by atoms with Crippen molar-refractivity contribution in [1.29, 1.82) is 0 Å². The predicted molar refractivity (Wildman–Crippen MR) is 191 cm³/mol. The van der Waals surface area contributed by atoms with Gasteiger partial charge in [0.1, 0.15) is 42.4 Å². The summed E-state index contributed by atoms with van der Waals surface area (Å²) in [6, 6.07) is 40.8. The van der Waals surface area contributed by atoms with Gasteiger partial charge in [-0.05, 0) is 58.7 Å². The smallest absolute Gasteiger partial charge is 0.266 e. The molecule has 13 heteroatoms. The van der Waals surface area contributed by atoms with Crippen LogP contribution in [0.3, 0.4) is 0 Å². The Morgan fingerprint density at radius 2 is 1.16 bits per heavy atom. The number of hydrogen-bond acceptors (Lipinski definition) is 8. The minimum Gasteiger partial charge on any atom is -0.497 e. The fraction of sp³-hybridized carbons (Fsp3) is 0.214. The Morgan fingerprint density at radius 3 is 1.69 bits per heavy atom. The second kappa shape index (κ2) is 14.8. The number of imidazole rings is 1. The molecule has 55 heavy (non-hydrogen) atoms. The van der Waals surface area contributed by atoms with E-state index in [9.17, 15) is 0 Å². The fourth-order valence-electron chi connectivity index (χ4n) is 8.28. The van der Waals surface area contributed by atoms with Gasteiger partial charge in [-0.3, -0.25) is 9.36 Å². The maximum Gasteiger partial charge on any atom is 0.266 e. The summed E-state index contributed by atoms with van der Waals surface area (Å²) in [5.41, 5.74) is 7.95. The summed E-state index contributed by atoms with van der Waals surface area (Å²) < 4.78 is 53.9. The second-order valence-electron chi connectivity index (χ2n) is 13.8. The first kappa shape index (κ1) is 36.2. The van der Waals surface area contributed by atoms with Crippen molar-refractivity contribution in [1.82, 2.24) is 24.1 Å². The van der Waals surface area contributed by atoms with E-state index < -0.39 is 15.7 Å². The molecule has 280 valence electrons. The van der Waals surface area contributed by atoms with Gasteiger partial charge in [-0.2, -0.15) is 10.2 Å². The number of rotatable bonds is 10. The molecule has 3 aromatic heterocycles. The zero-order valence-electron chi connectivity index (χ0n) is 30.3. The van der Waals surface area contributed by atoms with Crippen molar-refractivity contribution in [3.8, 4) is 11.5 Å². The maximum atomic E-state index is 8.49. The molecular formula is C42H39ClN6O6. The molecule has 2 unspecified atom stereocenters. The number of benzene rings is 4. The van der Waals surface area contributed by atoms with E-state index in [0.717, 1.165) is 35.9 Å². The lowest BCUT2D eigenvalue weighted by Crippen LogP contribution is -2.68. The van der Waals surface area contributed by atoms with Crippen LogP contribution in [-0.2, 0) is 25.0 Å². The first-order valence-electron chi connectivity index (χ1n) is 17.8. The minimum absolute atomic E-state index is 0.00362. The minimum atomic E-state index is -4.94. The number of methoxy groups -OCH3 is 2. The number of fused-ring (bicyclic) bond motifs is 1. The van der Waals surface area contributed by atoms with Gasteiger partial charge in [0.15, 0.2) is 0 Å². The van der Waals surface area contributed by atoms with Gasteiger partial charge in [-0.1, -0.05) is 78.9 Å². The van der Waals surface area contributed by atoms with E-state index in [1.807, 2.05) is 24.3 Å². The largest absolute Gasteiger partial charge is 0.497 e. The highest BCUT2D eigenvalue weighted by molar-refractivity contribution is 5.53. The normalized spacial score (nSPS) is 16.5. The van der Waals surface area contributed by atoms with E-state index in [1.165, 1.54) is 33.6 Å². The lowest BCUT2D eigenvalue weighted by atomic mass is 9.56. The average molecular weight is 759 g/mol. The van der Waals surface area contributed by atoms with E-state index in [-0.39, 0.29) is 12.0 Å². The molecule has 2 aliphatic heterocycles. The summed E-state index contributed by atoms with van der Waals surface area (Å²) in [6.07, 6.45) is 9.65. The molecule has 0 N–H and O–H groups in total. The molecule has 2 bridgehead atoms. The Hall–Kier alpha value is -5.76. The lowest BCUT2D eigenvalue weighted by molar-refractivity contribution is -2.00. The Balaban J connectivity index is 0.000000805. The Bertz CT molecular complexity index is 2290. The van der Waals surface area contributed by atoms with E-state index in [4.69, 9.17) is 38.3 Å². The lowest BCUT2D eigenvalue weighted by Gasteiger charge is -2.48. The van der Waals surface area contributed by atoms with Gasteiger partial charge < -0.3 is 9.47 Å². The first-order valence-corrected chi connectivity index (χ1v) is 19.0. The van der Waals surface area contributed by atoms with E-state index in [2.05, 4.69) is 134 Å². The van der Waals surface area contributed by atoms with Crippen LogP contribution < -0.4 is 32.7 Å². The molecule has 7 aromatic rings. The zero-order valence-corrected chi connectivity index (χ0v) is 31.0. The molecule has 5 heterocycles. The highest BCUT2D eigenvalue weighted by atomic mass is 35.7. The van der Waals surface area contributed by atoms with Crippen LogP contribution in [0.2, 0.25) is 0 Å². The zero-order chi connectivity index (χ0) is 38.2. The standard InChI is InChI=1S/C42H39N6O2.ClHO4/c1-49-33-16-12-31(13-17-33)28-46-22-20-38(43-46)42(39-21-23-47(44-39)29-32-14-18-34(50-2)19-15-32)26-37-35-10-6-7-11-36(35)40(42)41-45(24-25-48(37)41)27-30-8-4-3-5-9-30;2-1(3,4)5/h3-25,37,40H,26-29H2,1-2H3;(H,2,3,4,5)/q+1;/p-1. The molecule has 0 fully saturated rings. The van der Waals surface area contributed by atoms with Crippen LogP contribution >= 0.6 is 0 Å². The molecule has 0 spiro atoms. The van der Waals surface area contributed by atoms with E-state index in [1.54, 1.807) is 14.2 Å². The van der Waals surface area contributed by atoms with E-state index >= 15 is 0 Å². The van der Waals surface area contributed by atoms with Crippen LogP contribution in [0.25, 0.3) is 0 Å². The number of halogens is 1. The van der Waals surface area contributed by atoms with Crippen molar-refractivity contribution < 1.29 is 42.9 Å². The Morgan fingerprint density at radius 1 is 0.655 bits per heavy atom. The third-order valence-corrected chi connectivity index (χ3v) is 10.6. The topological polar surface area (TPSA) is 155 Å². The van der Waals surface area contributed by atoms with Crippen LogP contribution in [0.15, 0.2) is 140 Å². The van der Waals surface area contributed by atoms with Gasteiger partial charge in [0.25, 0.3) is 5.82 Å². The average Bonchev–Trinajstić information content (AvgIpc) is 3.97. The second-order valence-corrected chi connectivity index (χ2v) is 14.6. The van der Waals surface area contributed by atoms with Gasteiger partial charge in [-0.15, -0.1) is 10.2 Å². The molecule has 0 saturated carbocycles. The Labute approximate surface area is 320 Å². The van der Waals surface area contributed by atoms with Crippen molar-refractivity contribution >= 4 is 0 Å². The first-order chi connectivity index (χ1) is 26.6. The summed E-state index contributed by atoms with van der Waals surface area (Å²) in [5, 5.41) is 10.8. The van der Waals surface area contributed by atoms with Crippen molar-refractivity contribution in [2.24, 2.45) is 0 Å². The number of nitrogens with zero attached hydrogens (tertiary/aromatic N) is 6. The van der Waals surface area contributed by atoms with Crippen LogP contribution in [0.4, 0.5) is 0 Å². The number of hydrogen-bond donors (Lipinski definition) is 0. The summed E-state index contributed by atoms with van der Waals surface area (Å²) in [7, 11) is -1.55. The predicted octanol–water partition coefficient (Wildman–Crippen LogP) is 2.00. The molecule has 2 atom stereocenters. The number of ether oxygens (including phenoxy) is 2. The van der Waals surface area contributed by atoms with Gasteiger partial charge in [0.2, 0.25) is 0 Å². The van der Waals surface area contributed by atoms with Gasteiger partial charge in [0, 0.05) is 24.4 Å². The van der Waals surface area contributed by atoms with Crippen LogP contribution in [0.5, 0.6) is 11.5 Å². The van der Waals surface area contributed by atoms with Crippen molar-refractivity contribution in [2.45, 2.75) is 43.4 Å². The van der Waals surface area contributed by atoms with Crippen molar-refractivity contribution in [3.05, 3.63) is 185 Å². The Kier molecular flexibility index (Phi) is 9.76. The van der Waals surface area contributed by atoms with Crippen LogP contribution in [0.1, 0.15) is 63.4 Å². The SMILES string of the molecule is COc1ccc(Cn2ccc(C3(c4ccn(Cc5ccc(OC)cc5)n4)CC4c5ccccc5C3c3n4cc[n+]3Cc3ccccc3)n2)cc1.[O-][Cl+3]([O-])([O-])[O-]. The summed E-state index contributed by atoms with van der Waals surface area (Å²) in [6.45, 7) is 2.13. The van der Waals surface area contributed by atoms with Gasteiger partial charge in [-0.25, -0.2) is 27.8 Å². The van der Waals surface area contributed by atoms with Gasteiger partial charge in [0.05, 0.1) is 44.1 Å². The van der Waals surface area contributed by atoms with Crippen LogP contribution in [-0.4, -0.2) is 38.3 Å². The molecule has 10 rings (SSSR count). The quantitative estimate of drug-likeness (QED) is 0.192. The van der Waals surface area contributed by atoms with Crippen molar-refractivity contribution in [3.63, 3.8) is 0 Å². The maximum absolute atomic E-state index is 8.49. The molecule has 0 radical (unpaired) electrons. The number of aromatic nitrogens is 6. The molecular weight excluding hydrogens is 720 g/mol. The summed E-state index contributed by atoms with van der Waals surface area (Å²) >= 11 is 0. The van der Waals surface area contributed by atoms with E-state index in [0.29, 0.717) is 13.1 Å². The molecule has 12 nitrogen and oxygen atoms in total. The molecule has 4 aromatic carbocycles. The molecule has 0 amide bonds. The van der Waals surface area contributed by atoms with Crippen molar-refractivity contribution in [2.75, 3.05) is 14.2 Å². The summed E-state index contributed by atoms with van der Waals surface area (Å²) in [4.78, 5) is 0. The summed E-state index contributed by atoms with van der Waals surface area (Å²) in [5.74, 6) is 2.99. The van der Waals surface area contributed by atoms with Crippen LogP contribution in [0, 0.1) is 10.2 Å². The highest BCUT2D eigenvalue weighted by Crippen LogP contribution is 2.60.